The van der Waals surface area contributed by atoms with Crippen LogP contribution in [0.15, 0.2) is 51.8 Å². The van der Waals surface area contributed by atoms with E-state index < -0.39 is 0 Å². The van der Waals surface area contributed by atoms with Gasteiger partial charge >= 0.3 is 0 Å². The van der Waals surface area contributed by atoms with Crippen LogP contribution in [0, 0.1) is 0 Å². The van der Waals surface area contributed by atoms with Gasteiger partial charge in [0.15, 0.2) is 0 Å². The normalized spacial score (nSPS) is 16.2. The number of phenols is 1. The fraction of sp³-hybridized carbons (Fsp3) is 0.0588. The number of benzene rings is 2. The van der Waals surface area contributed by atoms with Gasteiger partial charge < -0.3 is 5.11 Å². The predicted octanol–water partition coefficient (Wildman–Crippen LogP) is 5.21. The van der Waals surface area contributed by atoms with Crippen molar-refractivity contribution in [1.82, 2.24) is 4.90 Å². The van der Waals surface area contributed by atoms with Gasteiger partial charge in [-0.2, -0.15) is 0 Å². The monoisotopic (exact) mass is 439 g/mol. The van der Waals surface area contributed by atoms with Crippen molar-refractivity contribution in [3.05, 3.63) is 68.0 Å². The van der Waals surface area contributed by atoms with Crippen molar-refractivity contribution < 1.29 is 9.90 Å². The third-order valence-electron chi connectivity index (χ3n) is 3.40. The molecule has 0 bridgehead atoms. The summed E-state index contributed by atoms with van der Waals surface area (Å²) in [5.41, 5.74) is 1.47. The molecule has 0 spiro atoms. The van der Waals surface area contributed by atoms with Gasteiger partial charge in [0.1, 0.15) is 10.1 Å². The lowest BCUT2D eigenvalue weighted by molar-refractivity contribution is -0.122. The Labute approximate surface area is 162 Å². The number of halogens is 2. The Morgan fingerprint density at radius 3 is 2.71 bits per heavy atom. The zero-order chi connectivity index (χ0) is 17.3. The van der Waals surface area contributed by atoms with Crippen LogP contribution in [0.2, 0.25) is 5.02 Å². The van der Waals surface area contributed by atoms with Crippen molar-refractivity contribution in [3.8, 4) is 5.75 Å². The topological polar surface area (TPSA) is 40.5 Å². The second-order valence-electron chi connectivity index (χ2n) is 5.08. The predicted molar refractivity (Wildman–Crippen MR) is 106 cm³/mol. The van der Waals surface area contributed by atoms with Gasteiger partial charge in [-0.05, 0) is 39.7 Å². The number of carbonyl (C=O) groups is 1. The maximum absolute atomic E-state index is 12.6. The van der Waals surface area contributed by atoms with Gasteiger partial charge in [0.25, 0.3) is 5.91 Å². The van der Waals surface area contributed by atoms with Crippen LogP contribution in [-0.4, -0.2) is 20.2 Å². The van der Waals surface area contributed by atoms with E-state index in [0.29, 0.717) is 30.8 Å². The maximum atomic E-state index is 12.6. The summed E-state index contributed by atoms with van der Waals surface area (Å²) in [4.78, 5) is 14.6. The number of aromatic hydroxyl groups is 1. The van der Waals surface area contributed by atoms with Crippen molar-refractivity contribution in [3.63, 3.8) is 0 Å². The van der Waals surface area contributed by atoms with Gasteiger partial charge in [0.05, 0.1) is 15.9 Å². The molecule has 1 aliphatic rings. The van der Waals surface area contributed by atoms with E-state index in [0.717, 1.165) is 5.56 Å². The van der Waals surface area contributed by atoms with Crippen LogP contribution in [0.4, 0.5) is 0 Å². The second-order valence-corrected chi connectivity index (χ2v) is 8.05. The third-order valence-corrected chi connectivity index (χ3v) is 5.60. The van der Waals surface area contributed by atoms with E-state index in [4.69, 9.17) is 23.8 Å². The molecule has 2 aromatic carbocycles. The second kappa shape index (κ2) is 7.27. The Balaban J connectivity index is 1.89. The molecule has 1 N–H and O–H groups in total. The Kier molecular flexibility index (Phi) is 5.30. The minimum atomic E-state index is -0.177. The lowest BCUT2D eigenvalue weighted by atomic mass is 10.1. The molecule has 122 valence electrons. The molecule has 0 saturated carbocycles. The molecule has 1 heterocycles. The molecule has 3 rings (SSSR count). The van der Waals surface area contributed by atoms with E-state index >= 15 is 0 Å². The summed E-state index contributed by atoms with van der Waals surface area (Å²) in [6.07, 6.45) is 1.61. The number of nitrogens with zero attached hydrogens (tertiary/aromatic N) is 1. The van der Waals surface area contributed by atoms with Crippen molar-refractivity contribution in [2.45, 2.75) is 6.54 Å². The number of amides is 1. The molecule has 0 radical (unpaired) electrons. The summed E-state index contributed by atoms with van der Waals surface area (Å²) >= 11 is 15.8. The van der Waals surface area contributed by atoms with Gasteiger partial charge in [-0.15, -0.1) is 0 Å². The quantitative estimate of drug-likeness (QED) is 0.525. The molecule has 3 nitrogen and oxygen atoms in total. The van der Waals surface area contributed by atoms with Crippen LogP contribution in [0.1, 0.15) is 11.1 Å². The number of hydrogen-bond acceptors (Lipinski definition) is 4. The minimum Gasteiger partial charge on any atom is -0.506 e. The van der Waals surface area contributed by atoms with Crippen LogP contribution in [0.5, 0.6) is 5.75 Å². The van der Waals surface area contributed by atoms with Crippen molar-refractivity contribution >= 4 is 67.8 Å². The molecule has 0 unspecified atom stereocenters. The average Bonchev–Trinajstić information content (AvgIpc) is 2.81. The molecule has 0 aliphatic carbocycles. The zero-order valence-electron chi connectivity index (χ0n) is 12.2. The molecule has 0 aromatic heterocycles. The minimum absolute atomic E-state index is 0.0349. The number of rotatable bonds is 3. The first-order valence-corrected chi connectivity index (χ1v) is 9.32. The molecule has 1 amide bonds. The van der Waals surface area contributed by atoms with Crippen molar-refractivity contribution in [2.24, 2.45) is 0 Å². The van der Waals surface area contributed by atoms with Crippen LogP contribution >= 0.6 is 51.5 Å². The Morgan fingerprint density at radius 1 is 1.29 bits per heavy atom. The number of thiocarbonyl (C=S) groups is 1. The van der Waals surface area contributed by atoms with E-state index in [1.807, 2.05) is 30.3 Å². The van der Waals surface area contributed by atoms with E-state index in [9.17, 15) is 9.90 Å². The summed E-state index contributed by atoms with van der Waals surface area (Å²) in [6.45, 7) is 0.425. The molecular weight excluding hydrogens is 430 g/mol. The van der Waals surface area contributed by atoms with E-state index in [1.54, 1.807) is 23.1 Å². The highest BCUT2D eigenvalue weighted by molar-refractivity contribution is 9.10. The van der Waals surface area contributed by atoms with E-state index in [1.165, 1.54) is 11.8 Å². The number of carbonyl (C=O) groups excluding carboxylic acids is 1. The smallest absolute Gasteiger partial charge is 0.266 e. The summed E-state index contributed by atoms with van der Waals surface area (Å²) in [6, 6.07) is 12.9. The van der Waals surface area contributed by atoms with Gasteiger partial charge in [-0.3, -0.25) is 9.69 Å². The highest BCUT2D eigenvalue weighted by atomic mass is 79.9. The summed E-state index contributed by atoms with van der Waals surface area (Å²) in [5, 5.41) is 10.6. The highest BCUT2D eigenvalue weighted by Crippen LogP contribution is 2.38. The third kappa shape index (κ3) is 3.67. The molecule has 2 aromatic rings. The van der Waals surface area contributed by atoms with Gasteiger partial charge in [-0.1, -0.05) is 65.9 Å². The lowest BCUT2D eigenvalue weighted by Gasteiger charge is -2.14. The fourth-order valence-corrected chi connectivity index (χ4v) is 4.32. The van der Waals surface area contributed by atoms with Crippen LogP contribution in [0.25, 0.3) is 6.08 Å². The maximum Gasteiger partial charge on any atom is 0.266 e. The Bertz CT molecular complexity index is 855. The fourth-order valence-electron chi connectivity index (χ4n) is 2.24. The summed E-state index contributed by atoms with van der Waals surface area (Å²) in [7, 11) is 0. The summed E-state index contributed by atoms with van der Waals surface area (Å²) < 4.78 is 0.969. The average molecular weight is 441 g/mol. The SMILES string of the molecule is O=C1/C(=C/c2cc(Cl)cc(Br)c2O)SC(=S)N1Cc1ccccc1. The zero-order valence-corrected chi connectivity index (χ0v) is 16.2. The van der Waals surface area contributed by atoms with Crippen molar-refractivity contribution in [2.75, 3.05) is 0 Å². The molecule has 1 saturated heterocycles. The van der Waals surface area contributed by atoms with Crippen LogP contribution < -0.4 is 0 Å². The summed E-state index contributed by atoms with van der Waals surface area (Å²) in [5.74, 6) is -0.142. The van der Waals surface area contributed by atoms with Crippen LogP contribution in [0.3, 0.4) is 0 Å². The Morgan fingerprint density at radius 2 is 2.00 bits per heavy atom. The van der Waals surface area contributed by atoms with Gasteiger partial charge in [0.2, 0.25) is 0 Å². The number of thioether (sulfide) groups is 1. The molecule has 1 aliphatic heterocycles. The molecule has 0 atom stereocenters. The van der Waals surface area contributed by atoms with Crippen LogP contribution in [-0.2, 0) is 11.3 Å². The van der Waals surface area contributed by atoms with Crippen molar-refractivity contribution in [1.29, 1.82) is 0 Å². The molecule has 1 fully saturated rings. The first-order valence-electron chi connectivity index (χ1n) is 6.93. The lowest BCUT2D eigenvalue weighted by Crippen LogP contribution is -2.27. The molecule has 7 heteroatoms. The molecular formula is C17H11BrClNO2S2. The Hall–Kier alpha value is -1.34. The largest absolute Gasteiger partial charge is 0.506 e. The molecule has 24 heavy (non-hydrogen) atoms. The first-order chi connectivity index (χ1) is 11.5. The number of hydrogen-bond donors (Lipinski definition) is 1. The first kappa shape index (κ1) is 17.5. The van der Waals surface area contributed by atoms with Gasteiger partial charge in [0, 0.05) is 10.6 Å². The standard InChI is InChI=1S/C17H11BrClNO2S2/c18-13-8-12(19)6-11(15(13)21)7-14-16(22)20(17(23)24-14)9-10-4-2-1-3-5-10/h1-8,21H,9H2/b14-7-. The van der Waals surface area contributed by atoms with E-state index in [2.05, 4.69) is 15.9 Å². The van der Waals surface area contributed by atoms with Gasteiger partial charge in [-0.25, -0.2) is 0 Å². The number of phenolic OH excluding ortho intramolecular Hbond substituents is 1. The van der Waals surface area contributed by atoms with E-state index in [-0.39, 0.29) is 11.7 Å². The highest BCUT2D eigenvalue weighted by Gasteiger charge is 2.32.